The van der Waals surface area contributed by atoms with Crippen molar-refractivity contribution in [3.05, 3.63) is 29.8 Å². The van der Waals surface area contributed by atoms with E-state index in [9.17, 15) is 9.59 Å². The lowest BCUT2D eigenvalue weighted by Gasteiger charge is -2.16. The number of anilines is 1. The maximum absolute atomic E-state index is 11.9. The van der Waals surface area contributed by atoms with E-state index >= 15 is 0 Å². The summed E-state index contributed by atoms with van der Waals surface area (Å²) < 4.78 is 0. The molecule has 19 heavy (non-hydrogen) atoms. The Kier molecular flexibility index (Phi) is 5.36. The zero-order valence-electron chi connectivity index (χ0n) is 11.8. The van der Waals surface area contributed by atoms with Crippen molar-refractivity contribution >= 4 is 17.5 Å². The average Bonchev–Trinajstić information content (AvgIpc) is 2.37. The zero-order chi connectivity index (χ0) is 14.4. The highest BCUT2D eigenvalue weighted by atomic mass is 16.2. The fourth-order valence-corrected chi connectivity index (χ4v) is 1.54. The number of carbonyl (C=O) groups is 2. The molecule has 0 radical (unpaired) electrons. The number of rotatable bonds is 5. The molecule has 1 rings (SSSR count). The Labute approximate surface area is 113 Å². The van der Waals surface area contributed by atoms with E-state index in [1.165, 1.54) is 0 Å². The lowest BCUT2D eigenvalue weighted by molar-refractivity contribution is -0.123. The summed E-state index contributed by atoms with van der Waals surface area (Å²) in [7, 11) is 1.81. The van der Waals surface area contributed by atoms with Gasteiger partial charge in [-0.2, -0.15) is 0 Å². The third-order valence-electron chi connectivity index (χ3n) is 2.61. The van der Waals surface area contributed by atoms with Crippen LogP contribution in [0.1, 0.15) is 31.1 Å². The van der Waals surface area contributed by atoms with Gasteiger partial charge in [0, 0.05) is 24.3 Å². The van der Waals surface area contributed by atoms with Crippen molar-refractivity contribution in [2.75, 3.05) is 12.4 Å². The molecule has 1 aromatic rings. The quantitative estimate of drug-likeness (QED) is 0.751. The summed E-state index contributed by atoms with van der Waals surface area (Å²) >= 11 is 0. The number of nitrogens with one attached hydrogen (secondary N) is 3. The lowest BCUT2D eigenvalue weighted by atomic mass is 10.1. The molecule has 0 heterocycles. The monoisotopic (exact) mass is 263 g/mol. The largest absolute Gasteiger partial charge is 0.388 e. The number of amides is 2. The Morgan fingerprint density at radius 3 is 2.05 bits per heavy atom. The van der Waals surface area contributed by atoms with Crippen molar-refractivity contribution in [1.82, 2.24) is 10.6 Å². The number of benzene rings is 1. The Bertz CT molecular complexity index is 441. The molecule has 0 aromatic heterocycles. The van der Waals surface area contributed by atoms with Crippen molar-refractivity contribution in [1.29, 1.82) is 0 Å². The minimum absolute atomic E-state index is 0.0572. The highest BCUT2D eigenvalue weighted by molar-refractivity contribution is 5.97. The van der Waals surface area contributed by atoms with Crippen LogP contribution in [0, 0.1) is 0 Å². The maximum atomic E-state index is 11.9. The molecule has 2 amide bonds. The van der Waals surface area contributed by atoms with Crippen LogP contribution in [-0.4, -0.2) is 30.9 Å². The number of hydrogen-bond donors (Lipinski definition) is 3. The number of hydrogen-bond acceptors (Lipinski definition) is 3. The second-order valence-electron chi connectivity index (χ2n) is 4.69. The van der Waals surface area contributed by atoms with Crippen molar-refractivity contribution < 1.29 is 9.59 Å². The van der Waals surface area contributed by atoms with E-state index in [1.807, 2.05) is 33.0 Å². The van der Waals surface area contributed by atoms with E-state index in [2.05, 4.69) is 16.0 Å². The van der Waals surface area contributed by atoms with Crippen LogP contribution >= 0.6 is 0 Å². The first-order valence-electron chi connectivity index (χ1n) is 6.33. The molecule has 0 aliphatic heterocycles. The van der Waals surface area contributed by atoms with Gasteiger partial charge in [0.25, 0.3) is 5.91 Å². The summed E-state index contributed by atoms with van der Waals surface area (Å²) in [5.74, 6) is -0.441. The Balaban J connectivity index is 2.60. The summed E-state index contributed by atoms with van der Waals surface area (Å²) in [6, 6.07) is 6.56. The molecule has 0 spiro atoms. The molecule has 1 atom stereocenters. The highest BCUT2D eigenvalue weighted by Crippen LogP contribution is 2.08. The summed E-state index contributed by atoms with van der Waals surface area (Å²) in [6.07, 6.45) is 0. The van der Waals surface area contributed by atoms with Gasteiger partial charge in [-0.05, 0) is 45.0 Å². The number of carbonyl (C=O) groups excluding carboxylic acids is 2. The third kappa shape index (κ3) is 4.62. The van der Waals surface area contributed by atoms with Gasteiger partial charge in [-0.3, -0.25) is 9.59 Å². The summed E-state index contributed by atoms with van der Waals surface area (Å²) in [4.78, 5) is 23.6. The third-order valence-corrected chi connectivity index (χ3v) is 2.61. The fraction of sp³-hybridized carbons (Fsp3) is 0.429. The van der Waals surface area contributed by atoms with Crippen molar-refractivity contribution in [2.45, 2.75) is 32.9 Å². The van der Waals surface area contributed by atoms with Crippen LogP contribution in [0.15, 0.2) is 24.3 Å². The van der Waals surface area contributed by atoms with E-state index in [-0.39, 0.29) is 17.9 Å². The molecule has 0 bridgehead atoms. The SMILES string of the molecule is CNc1ccc(C(=O)NC(C)C(=O)NC(C)C)cc1. The van der Waals surface area contributed by atoms with Gasteiger partial charge >= 0.3 is 0 Å². The molecule has 0 saturated heterocycles. The Morgan fingerprint density at radius 1 is 1.00 bits per heavy atom. The molecule has 0 fully saturated rings. The molecule has 0 aliphatic rings. The first kappa shape index (κ1) is 15.0. The predicted molar refractivity (Wildman–Crippen MR) is 76.2 cm³/mol. The van der Waals surface area contributed by atoms with Crippen LogP contribution in [-0.2, 0) is 4.79 Å². The molecule has 0 aliphatic carbocycles. The summed E-state index contributed by atoms with van der Waals surface area (Å²) in [5.41, 5.74) is 1.46. The molecule has 5 heteroatoms. The average molecular weight is 263 g/mol. The van der Waals surface area contributed by atoms with E-state index in [0.717, 1.165) is 5.69 Å². The van der Waals surface area contributed by atoms with Crippen LogP contribution in [0.3, 0.4) is 0 Å². The molecule has 0 saturated carbocycles. The molecule has 1 unspecified atom stereocenters. The van der Waals surface area contributed by atoms with Crippen LogP contribution in [0.2, 0.25) is 0 Å². The molecule has 104 valence electrons. The van der Waals surface area contributed by atoms with E-state index in [1.54, 1.807) is 19.1 Å². The van der Waals surface area contributed by atoms with Gasteiger partial charge in [0.2, 0.25) is 5.91 Å². The van der Waals surface area contributed by atoms with Crippen LogP contribution in [0.25, 0.3) is 0 Å². The molecule has 3 N–H and O–H groups in total. The Morgan fingerprint density at radius 2 is 1.58 bits per heavy atom. The maximum Gasteiger partial charge on any atom is 0.251 e. The smallest absolute Gasteiger partial charge is 0.251 e. The first-order valence-corrected chi connectivity index (χ1v) is 6.33. The minimum atomic E-state index is -0.557. The minimum Gasteiger partial charge on any atom is -0.388 e. The highest BCUT2D eigenvalue weighted by Gasteiger charge is 2.16. The van der Waals surface area contributed by atoms with Gasteiger partial charge in [0.1, 0.15) is 6.04 Å². The molecule has 5 nitrogen and oxygen atoms in total. The van der Waals surface area contributed by atoms with Gasteiger partial charge in [0.05, 0.1) is 0 Å². The van der Waals surface area contributed by atoms with Gasteiger partial charge in [-0.25, -0.2) is 0 Å². The van der Waals surface area contributed by atoms with Crippen LogP contribution in [0.5, 0.6) is 0 Å². The van der Waals surface area contributed by atoms with Gasteiger partial charge in [0.15, 0.2) is 0 Å². The van der Waals surface area contributed by atoms with Gasteiger partial charge in [-0.1, -0.05) is 0 Å². The molecule has 1 aromatic carbocycles. The van der Waals surface area contributed by atoms with E-state index in [4.69, 9.17) is 0 Å². The summed E-state index contributed by atoms with van der Waals surface area (Å²) in [5, 5.41) is 8.40. The van der Waals surface area contributed by atoms with Crippen molar-refractivity contribution in [3.8, 4) is 0 Å². The van der Waals surface area contributed by atoms with Crippen molar-refractivity contribution in [3.63, 3.8) is 0 Å². The lowest BCUT2D eigenvalue weighted by Crippen LogP contribution is -2.46. The van der Waals surface area contributed by atoms with Crippen LogP contribution in [0.4, 0.5) is 5.69 Å². The first-order chi connectivity index (χ1) is 8.93. The molecular formula is C14H21N3O2. The summed E-state index contributed by atoms with van der Waals surface area (Å²) in [6.45, 7) is 5.42. The second-order valence-corrected chi connectivity index (χ2v) is 4.69. The van der Waals surface area contributed by atoms with E-state index in [0.29, 0.717) is 5.56 Å². The predicted octanol–water partition coefficient (Wildman–Crippen LogP) is 1.37. The van der Waals surface area contributed by atoms with E-state index < -0.39 is 6.04 Å². The Hall–Kier alpha value is -2.04. The second kappa shape index (κ2) is 6.78. The van der Waals surface area contributed by atoms with Crippen molar-refractivity contribution in [2.24, 2.45) is 0 Å². The van der Waals surface area contributed by atoms with Gasteiger partial charge in [-0.15, -0.1) is 0 Å². The fourth-order valence-electron chi connectivity index (χ4n) is 1.54. The standard InChI is InChI=1S/C14H21N3O2/c1-9(2)16-13(18)10(3)17-14(19)11-5-7-12(15-4)8-6-11/h5-10,15H,1-4H3,(H,16,18)(H,17,19). The van der Waals surface area contributed by atoms with Gasteiger partial charge < -0.3 is 16.0 Å². The zero-order valence-corrected chi connectivity index (χ0v) is 11.8. The normalized spacial score (nSPS) is 11.8. The van der Waals surface area contributed by atoms with Crippen LogP contribution < -0.4 is 16.0 Å². The topological polar surface area (TPSA) is 70.2 Å². The molecular weight excluding hydrogens is 242 g/mol.